The fourth-order valence-corrected chi connectivity index (χ4v) is 1.84. The minimum atomic E-state index is -0.123. The smallest absolute Gasteiger partial charge is 0.258 e. The monoisotopic (exact) mass is 250 g/mol. The number of hydrogen-bond donors (Lipinski definition) is 2. The van der Waals surface area contributed by atoms with Crippen molar-refractivity contribution in [1.29, 1.82) is 0 Å². The van der Waals surface area contributed by atoms with Gasteiger partial charge in [0, 0.05) is 12.3 Å². The maximum Gasteiger partial charge on any atom is 0.258 e. The maximum atomic E-state index is 11.6. The molecule has 1 atom stereocenters. The summed E-state index contributed by atoms with van der Waals surface area (Å²) < 4.78 is 10.6. The number of hydrogen-bond acceptors (Lipinski definition) is 4. The van der Waals surface area contributed by atoms with Crippen LogP contribution in [0.15, 0.2) is 24.3 Å². The quantitative estimate of drug-likeness (QED) is 0.780. The molecule has 1 fully saturated rings. The van der Waals surface area contributed by atoms with E-state index in [1.54, 1.807) is 24.3 Å². The van der Waals surface area contributed by atoms with Gasteiger partial charge in [0.2, 0.25) is 0 Å². The van der Waals surface area contributed by atoms with Gasteiger partial charge in [0.25, 0.3) is 5.91 Å². The lowest BCUT2D eigenvalue weighted by molar-refractivity contribution is -0.124. The first-order valence-corrected chi connectivity index (χ1v) is 6.09. The van der Waals surface area contributed by atoms with E-state index in [1.807, 2.05) is 0 Å². The van der Waals surface area contributed by atoms with Gasteiger partial charge < -0.3 is 20.5 Å². The summed E-state index contributed by atoms with van der Waals surface area (Å²) in [6.07, 6.45) is 1.96. The van der Waals surface area contributed by atoms with Crippen LogP contribution in [0.3, 0.4) is 0 Å². The minimum absolute atomic E-state index is 0.0143. The van der Waals surface area contributed by atoms with Crippen molar-refractivity contribution in [3.05, 3.63) is 24.3 Å². The Balaban J connectivity index is 1.72. The van der Waals surface area contributed by atoms with Gasteiger partial charge >= 0.3 is 0 Å². The van der Waals surface area contributed by atoms with Crippen LogP contribution in [0.2, 0.25) is 0 Å². The number of nitrogens with one attached hydrogen (secondary N) is 1. The first-order chi connectivity index (χ1) is 8.74. The third-order valence-electron chi connectivity index (χ3n) is 2.78. The molecule has 5 nitrogen and oxygen atoms in total. The Kier molecular flexibility index (Phi) is 4.41. The Morgan fingerprint density at radius 2 is 2.22 bits per heavy atom. The highest BCUT2D eigenvalue weighted by molar-refractivity contribution is 5.77. The Hall–Kier alpha value is -1.75. The normalized spacial score (nSPS) is 19.2. The summed E-state index contributed by atoms with van der Waals surface area (Å²) in [6.45, 7) is 1.39. The van der Waals surface area contributed by atoms with Crippen LogP contribution in [0.1, 0.15) is 12.8 Å². The van der Waals surface area contributed by atoms with Crippen molar-refractivity contribution in [2.24, 2.45) is 0 Å². The van der Waals surface area contributed by atoms with Crippen molar-refractivity contribution in [3.8, 4) is 5.75 Å². The van der Waals surface area contributed by atoms with Crippen molar-refractivity contribution in [2.45, 2.75) is 18.9 Å². The van der Waals surface area contributed by atoms with E-state index >= 15 is 0 Å². The zero-order valence-electron chi connectivity index (χ0n) is 10.2. The van der Waals surface area contributed by atoms with Gasteiger partial charge in [-0.1, -0.05) is 0 Å². The molecule has 0 radical (unpaired) electrons. The van der Waals surface area contributed by atoms with Gasteiger partial charge in [0.05, 0.1) is 12.6 Å². The molecule has 1 amide bonds. The lowest BCUT2D eigenvalue weighted by atomic mass is 10.1. The minimum Gasteiger partial charge on any atom is -0.484 e. The maximum absolute atomic E-state index is 11.6. The number of amides is 1. The lowest BCUT2D eigenvalue weighted by Gasteiger charge is -2.23. The van der Waals surface area contributed by atoms with Crippen LogP contribution >= 0.6 is 0 Å². The summed E-state index contributed by atoms with van der Waals surface area (Å²) >= 11 is 0. The van der Waals surface area contributed by atoms with Crippen molar-refractivity contribution < 1.29 is 14.3 Å². The number of anilines is 1. The summed E-state index contributed by atoms with van der Waals surface area (Å²) in [7, 11) is 0. The van der Waals surface area contributed by atoms with Crippen LogP contribution in [0, 0.1) is 0 Å². The number of rotatable bonds is 4. The van der Waals surface area contributed by atoms with Gasteiger partial charge in [0.1, 0.15) is 5.75 Å². The number of benzene rings is 1. The Morgan fingerprint density at radius 1 is 1.44 bits per heavy atom. The van der Waals surface area contributed by atoms with E-state index in [-0.39, 0.29) is 18.6 Å². The van der Waals surface area contributed by atoms with E-state index in [0.29, 0.717) is 18.0 Å². The fourth-order valence-electron chi connectivity index (χ4n) is 1.84. The second-order valence-electron chi connectivity index (χ2n) is 4.34. The Bertz CT molecular complexity index is 386. The standard InChI is InChI=1S/C13H18N2O3/c14-10-3-5-12(6-4-10)18-9-13(16)15-11-2-1-7-17-8-11/h3-6,11H,1-2,7-9,14H2,(H,15,16). The summed E-state index contributed by atoms with van der Waals surface area (Å²) in [5.41, 5.74) is 6.23. The summed E-state index contributed by atoms with van der Waals surface area (Å²) in [4.78, 5) is 11.6. The van der Waals surface area contributed by atoms with Crippen molar-refractivity contribution in [2.75, 3.05) is 25.6 Å². The SMILES string of the molecule is Nc1ccc(OCC(=O)NC2CCCOC2)cc1. The zero-order valence-corrected chi connectivity index (χ0v) is 10.2. The van der Waals surface area contributed by atoms with Crippen molar-refractivity contribution in [1.82, 2.24) is 5.32 Å². The molecule has 2 rings (SSSR count). The molecule has 1 unspecified atom stereocenters. The molecule has 5 heteroatoms. The molecule has 0 bridgehead atoms. The highest BCUT2D eigenvalue weighted by Crippen LogP contribution is 2.12. The molecule has 3 N–H and O–H groups in total. The molecule has 1 heterocycles. The zero-order chi connectivity index (χ0) is 12.8. The molecule has 0 saturated carbocycles. The van der Waals surface area contributed by atoms with Crippen LogP contribution in [0.25, 0.3) is 0 Å². The van der Waals surface area contributed by atoms with Crippen LogP contribution in [0.5, 0.6) is 5.75 Å². The third-order valence-corrected chi connectivity index (χ3v) is 2.78. The first kappa shape index (κ1) is 12.7. The lowest BCUT2D eigenvalue weighted by Crippen LogP contribution is -2.42. The Morgan fingerprint density at radius 3 is 2.89 bits per heavy atom. The molecule has 0 aromatic heterocycles. The molecule has 0 spiro atoms. The molecule has 1 aliphatic rings. The molecular formula is C13H18N2O3. The predicted octanol–water partition coefficient (Wildman–Crippen LogP) is 0.943. The number of nitrogen functional groups attached to an aromatic ring is 1. The Labute approximate surface area is 106 Å². The highest BCUT2D eigenvalue weighted by atomic mass is 16.5. The summed E-state index contributed by atoms with van der Waals surface area (Å²) in [5.74, 6) is 0.515. The van der Waals surface area contributed by atoms with Crippen molar-refractivity contribution in [3.63, 3.8) is 0 Å². The first-order valence-electron chi connectivity index (χ1n) is 6.09. The van der Waals surface area contributed by atoms with Crippen LogP contribution in [-0.2, 0) is 9.53 Å². The molecule has 1 aromatic rings. The van der Waals surface area contributed by atoms with Crippen LogP contribution in [-0.4, -0.2) is 31.8 Å². The van der Waals surface area contributed by atoms with Gasteiger partial charge in [-0.15, -0.1) is 0 Å². The third kappa shape index (κ3) is 3.92. The van der Waals surface area contributed by atoms with Crippen molar-refractivity contribution >= 4 is 11.6 Å². The molecule has 1 aliphatic heterocycles. The molecule has 18 heavy (non-hydrogen) atoms. The molecule has 1 aromatic carbocycles. The second-order valence-corrected chi connectivity index (χ2v) is 4.34. The van der Waals surface area contributed by atoms with Gasteiger partial charge in [-0.25, -0.2) is 0 Å². The topological polar surface area (TPSA) is 73.6 Å². The molecule has 98 valence electrons. The second kappa shape index (κ2) is 6.26. The van der Waals surface area contributed by atoms with Gasteiger partial charge in [-0.2, -0.15) is 0 Å². The van der Waals surface area contributed by atoms with Crippen LogP contribution in [0.4, 0.5) is 5.69 Å². The van der Waals surface area contributed by atoms with E-state index < -0.39 is 0 Å². The molecule has 1 saturated heterocycles. The average Bonchev–Trinajstić information content (AvgIpc) is 2.39. The number of ether oxygens (including phenoxy) is 2. The molecule has 0 aliphatic carbocycles. The average molecular weight is 250 g/mol. The summed E-state index contributed by atoms with van der Waals surface area (Å²) in [6, 6.07) is 7.07. The number of carbonyl (C=O) groups excluding carboxylic acids is 1. The highest BCUT2D eigenvalue weighted by Gasteiger charge is 2.16. The van der Waals surface area contributed by atoms with Gasteiger partial charge in [-0.3, -0.25) is 4.79 Å². The van der Waals surface area contributed by atoms with E-state index in [9.17, 15) is 4.79 Å². The van der Waals surface area contributed by atoms with Gasteiger partial charge in [-0.05, 0) is 37.1 Å². The van der Waals surface area contributed by atoms with Gasteiger partial charge in [0.15, 0.2) is 6.61 Å². The number of nitrogens with two attached hydrogens (primary N) is 1. The number of carbonyl (C=O) groups is 1. The van der Waals surface area contributed by atoms with E-state index in [1.165, 1.54) is 0 Å². The predicted molar refractivity (Wildman–Crippen MR) is 68.3 cm³/mol. The van der Waals surface area contributed by atoms with Crippen LogP contribution < -0.4 is 15.8 Å². The fraction of sp³-hybridized carbons (Fsp3) is 0.462. The van der Waals surface area contributed by atoms with E-state index in [2.05, 4.69) is 5.32 Å². The molecular weight excluding hydrogens is 232 g/mol. The van der Waals surface area contributed by atoms with E-state index in [0.717, 1.165) is 19.4 Å². The van der Waals surface area contributed by atoms with E-state index in [4.69, 9.17) is 15.2 Å². The summed E-state index contributed by atoms with van der Waals surface area (Å²) in [5, 5.41) is 2.89. The largest absolute Gasteiger partial charge is 0.484 e.